The number of benzene rings is 1. The molecular formula is C23H27BrN2O3S. The quantitative estimate of drug-likeness (QED) is 0.511. The summed E-state index contributed by atoms with van der Waals surface area (Å²) in [5, 5.41) is 14.1. The molecule has 0 saturated heterocycles. The Morgan fingerprint density at radius 3 is 2.77 bits per heavy atom. The summed E-state index contributed by atoms with van der Waals surface area (Å²) < 4.78 is 5.77. The van der Waals surface area contributed by atoms with Gasteiger partial charge in [0.15, 0.2) is 11.5 Å². The standard InChI is InChI=1S/C23H27BrN2O3S/c1-29-18-12-14(11-17(24)21(18)27)13-25-23-20(16-9-5-6-10-19(16)30-23)22(28)26-15-7-3-2-4-8-15/h11-13,15,27H,2-10H2,1H3,(H,26,28). The highest BCUT2D eigenvalue weighted by atomic mass is 79.9. The number of rotatable bonds is 5. The van der Waals surface area contributed by atoms with Crippen molar-refractivity contribution in [3.8, 4) is 11.5 Å². The minimum absolute atomic E-state index is 0.0258. The molecular weight excluding hydrogens is 464 g/mol. The number of amides is 1. The molecule has 7 heteroatoms. The van der Waals surface area contributed by atoms with Gasteiger partial charge in [0.2, 0.25) is 0 Å². The lowest BCUT2D eigenvalue weighted by atomic mass is 9.93. The predicted molar refractivity (Wildman–Crippen MR) is 125 cm³/mol. The maximum Gasteiger partial charge on any atom is 0.254 e. The first-order chi connectivity index (χ1) is 14.6. The second-order valence-corrected chi connectivity index (χ2v) is 9.95. The van der Waals surface area contributed by atoms with Crippen LogP contribution in [-0.2, 0) is 12.8 Å². The zero-order valence-electron chi connectivity index (χ0n) is 17.2. The summed E-state index contributed by atoms with van der Waals surface area (Å²) in [7, 11) is 1.52. The van der Waals surface area contributed by atoms with Crippen LogP contribution in [0.2, 0.25) is 0 Å². The number of nitrogens with zero attached hydrogens (tertiary/aromatic N) is 1. The summed E-state index contributed by atoms with van der Waals surface area (Å²) in [5.41, 5.74) is 2.75. The Bertz CT molecular complexity index is 964. The van der Waals surface area contributed by atoms with Crippen molar-refractivity contribution >= 4 is 44.4 Å². The smallest absolute Gasteiger partial charge is 0.254 e. The fourth-order valence-electron chi connectivity index (χ4n) is 4.34. The molecule has 160 valence electrons. The van der Waals surface area contributed by atoms with Gasteiger partial charge in [-0.1, -0.05) is 19.3 Å². The fourth-order valence-corrected chi connectivity index (χ4v) is 6.03. The average Bonchev–Trinajstić information content (AvgIpc) is 3.13. The van der Waals surface area contributed by atoms with Gasteiger partial charge in [0.25, 0.3) is 5.91 Å². The van der Waals surface area contributed by atoms with E-state index in [-0.39, 0.29) is 17.7 Å². The molecule has 1 aromatic carbocycles. The number of ether oxygens (including phenoxy) is 1. The van der Waals surface area contributed by atoms with E-state index in [4.69, 9.17) is 9.73 Å². The Morgan fingerprint density at radius 1 is 1.23 bits per heavy atom. The molecule has 2 aliphatic rings. The van der Waals surface area contributed by atoms with E-state index in [9.17, 15) is 9.90 Å². The van der Waals surface area contributed by atoms with E-state index < -0.39 is 0 Å². The molecule has 4 rings (SSSR count). The van der Waals surface area contributed by atoms with E-state index >= 15 is 0 Å². The minimum atomic E-state index is 0.0258. The molecule has 0 unspecified atom stereocenters. The molecule has 1 heterocycles. The molecule has 2 aromatic rings. The van der Waals surface area contributed by atoms with Gasteiger partial charge >= 0.3 is 0 Å². The number of phenols is 1. The number of thiophene rings is 1. The number of hydrogen-bond donors (Lipinski definition) is 2. The molecule has 2 N–H and O–H groups in total. The first-order valence-electron chi connectivity index (χ1n) is 10.6. The molecule has 1 fully saturated rings. The van der Waals surface area contributed by atoms with Crippen molar-refractivity contribution < 1.29 is 14.6 Å². The molecule has 1 amide bonds. The molecule has 0 atom stereocenters. The second-order valence-electron chi connectivity index (χ2n) is 8.01. The van der Waals surface area contributed by atoms with Crippen molar-refractivity contribution in [1.82, 2.24) is 5.32 Å². The van der Waals surface area contributed by atoms with E-state index in [0.717, 1.165) is 48.2 Å². The molecule has 0 spiro atoms. The van der Waals surface area contributed by atoms with Gasteiger partial charge in [-0.2, -0.15) is 0 Å². The fraction of sp³-hybridized carbons (Fsp3) is 0.478. The number of halogens is 1. The first kappa shape index (κ1) is 21.4. The number of phenolic OH excluding ortho intramolecular Hbond substituents is 1. The minimum Gasteiger partial charge on any atom is -0.503 e. The van der Waals surface area contributed by atoms with Crippen LogP contribution in [0.25, 0.3) is 0 Å². The van der Waals surface area contributed by atoms with Gasteiger partial charge < -0.3 is 15.2 Å². The third kappa shape index (κ3) is 4.57. The van der Waals surface area contributed by atoms with Crippen LogP contribution in [0.1, 0.15) is 71.3 Å². The SMILES string of the molecule is COc1cc(C=Nc2sc3c(c2C(=O)NC2CCCCC2)CCCC3)cc(Br)c1O. The van der Waals surface area contributed by atoms with Crippen LogP contribution >= 0.6 is 27.3 Å². The van der Waals surface area contributed by atoms with Gasteiger partial charge in [-0.15, -0.1) is 11.3 Å². The molecule has 2 aliphatic carbocycles. The Labute approximate surface area is 189 Å². The lowest BCUT2D eigenvalue weighted by molar-refractivity contribution is 0.0927. The van der Waals surface area contributed by atoms with Crippen molar-refractivity contribution in [2.24, 2.45) is 4.99 Å². The predicted octanol–water partition coefficient (Wildman–Crippen LogP) is 5.92. The number of carbonyl (C=O) groups excluding carboxylic acids is 1. The highest BCUT2D eigenvalue weighted by Crippen LogP contribution is 2.40. The van der Waals surface area contributed by atoms with Crippen LogP contribution in [0.3, 0.4) is 0 Å². The lowest BCUT2D eigenvalue weighted by Crippen LogP contribution is -2.36. The van der Waals surface area contributed by atoms with Gasteiger partial charge in [-0.05, 0) is 77.7 Å². The van der Waals surface area contributed by atoms with Gasteiger partial charge in [-0.25, -0.2) is 4.99 Å². The van der Waals surface area contributed by atoms with Crippen molar-refractivity contribution in [2.75, 3.05) is 7.11 Å². The largest absolute Gasteiger partial charge is 0.503 e. The Kier molecular flexibility index (Phi) is 6.78. The first-order valence-corrected chi connectivity index (χ1v) is 12.2. The van der Waals surface area contributed by atoms with E-state index in [1.807, 2.05) is 0 Å². The van der Waals surface area contributed by atoms with Gasteiger partial charge in [0.05, 0.1) is 17.1 Å². The maximum absolute atomic E-state index is 13.2. The van der Waals surface area contributed by atoms with Crippen molar-refractivity contribution in [2.45, 2.75) is 63.8 Å². The summed E-state index contributed by atoms with van der Waals surface area (Å²) in [4.78, 5) is 19.3. The number of fused-ring (bicyclic) bond motifs is 1. The number of hydrogen-bond acceptors (Lipinski definition) is 5. The number of aliphatic imine (C=N–C) groups is 1. The van der Waals surface area contributed by atoms with Gasteiger partial charge in [-0.3, -0.25) is 4.79 Å². The summed E-state index contributed by atoms with van der Waals surface area (Å²) in [5.74, 6) is 0.471. The highest BCUT2D eigenvalue weighted by Gasteiger charge is 2.27. The van der Waals surface area contributed by atoms with Crippen LogP contribution < -0.4 is 10.1 Å². The Morgan fingerprint density at radius 2 is 2.00 bits per heavy atom. The van der Waals surface area contributed by atoms with Crippen LogP contribution in [0.5, 0.6) is 11.5 Å². The summed E-state index contributed by atoms with van der Waals surface area (Å²) in [6.45, 7) is 0. The molecule has 30 heavy (non-hydrogen) atoms. The zero-order chi connectivity index (χ0) is 21.1. The maximum atomic E-state index is 13.2. The van der Waals surface area contributed by atoms with E-state index in [2.05, 4.69) is 21.2 Å². The van der Waals surface area contributed by atoms with Gasteiger partial charge in [0.1, 0.15) is 5.00 Å². The summed E-state index contributed by atoms with van der Waals surface area (Å²) in [6, 6.07) is 3.80. The number of aryl methyl sites for hydroxylation is 1. The summed E-state index contributed by atoms with van der Waals surface area (Å²) >= 11 is 4.99. The van der Waals surface area contributed by atoms with Crippen LogP contribution in [0.4, 0.5) is 5.00 Å². The Hall–Kier alpha value is -1.86. The van der Waals surface area contributed by atoms with E-state index in [1.54, 1.807) is 29.7 Å². The van der Waals surface area contributed by atoms with Crippen molar-refractivity contribution in [1.29, 1.82) is 0 Å². The number of nitrogens with one attached hydrogen (secondary N) is 1. The van der Waals surface area contributed by atoms with Crippen LogP contribution in [0.15, 0.2) is 21.6 Å². The molecule has 0 radical (unpaired) electrons. The van der Waals surface area contributed by atoms with Gasteiger partial charge in [0, 0.05) is 17.1 Å². The monoisotopic (exact) mass is 490 g/mol. The van der Waals surface area contributed by atoms with Crippen molar-refractivity contribution in [3.63, 3.8) is 0 Å². The molecule has 1 saturated carbocycles. The van der Waals surface area contributed by atoms with E-state index in [1.165, 1.54) is 43.2 Å². The van der Waals surface area contributed by atoms with Crippen molar-refractivity contribution in [3.05, 3.63) is 38.2 Å². The average molecular weight is 491 g/mol. The molecule has 1 aromatic heterocycles. The van der Waals surface area contributed by atoms with Crippen LogP contribution in [-0.4, -0.2) is 30.4 Å². The summed E-state index contributed by atoms with van der Waals surface area (Å²) in [6.07, 6.45) is 11.8. The molecule has 5 nitrogen and oxygen atoms in total. The number of aromatic hydroxyl groups is 1. The van der Waals surface area contributed by atoms with Crippen LogP contribution in [0, 0.1) is 0 Å². The lowest BCUT2D eigenvalue weighted by Gasteiger charge is -2.23. The molecule has 0 aliphatic heterocycles. The Balaban J connectivity index is 1.64. The number of carbonyl (C=O) groups is 1. The second kappa shape index (κ2) is 9.52. The topological polar surface area (TPSA) is 70.9 Å². The third-order valence-electron chi connectivity index (χ3n) is 5.92. The number of methoxy groups -OCH3 is 1. The zero-order valence-corrected chi connectivity index (χ0v) is 19.6. The van der Waals surface area contributed by atoms with E-state index in [0.29, 0.717) is 10.2 Å². The third-order valence-corrected chi connectivity index (χ3v) is 7.73. The molecule has 0 bridgehead atoms. The highest BCUT2D eigenvalue weighted by molar-refractivity contribution is 9.10. The normalized spacial score (nSPS) is 17.1.